The van der Waals surface area contributed by atoms with Crippen LogP contribution in [0.15, 0.2) is 18.2 Å². The zero-order chi connectivity index (χ0) is 10.1. The average molecular weight is 207 g/mol. The van der Waals surface area contributed by atoms with Crippen molar-refractivity contribution in [3.05, 3.63) is 34.9 Å². The van der Waals surface area contributed by atoms with Gasteiger partial charge in [-0.25, -0.2) is 0 Å². The minimum absolute atomic E-state index is 0.156. The van der Waals surface area contributed by atoms with Crippen LogP contribution in [0.5, 0.6) is 0 Å². The van der Waals surface area contributed by atoms with Gasteiger partial charge in [0.25, 0.3) is 5.91 Å². The third-order valence-electron chi connectivity index (χ3n) is 2.47. The van der Waals surface area contributed by atoms with Crippen LogP contribution >= 0.6 is 11.8 Å². The molecule has 3 heteroatoms. The lowest BCUT2D eigenvalue weighted by Crippen LogP contribution is -2.17. The number of carbonyl (C=O) groups excluding carboxylic acids is 1. The first-order valence-electron chi connectivity index (χ1n) is 4.58. The summed E-state index contributed by atoms with van der Waals surface area (Å²) in [5, 5.41) is 0. The Hall–Kier alpha value is -0.960. The maximum absolute atomic E-state index is 11.7. The van der Waals surface area contributed by atoms with Gasteiger partial charge in [-0.1, -0.05) is 12.1 Å². The molecule has 14 heavy (non-hydrogen) atoms. The van der Waals surface area contributed by atoms with E-state index in [4.69, 9.17) is 0 Å². The maximum atomic E-state index is 11.7. The minimum atomic E-state index is 0.156. The fourth-order valence-corrected chi connectivity index (χ4v) is 2.26. The minimum Gasteiger partial charge on any atom is -0.337 e. The monoisotopic (exact) mass is 207 g/mol. The van der Waals surface area contributed by atoms with E-state index < -0.39 is 0 Å². The molecular weight excluding hydrogens is 194 g/mol. The summed E-state index contributed by atoms with van der Waals surface area (Å²) >= 11 is 1.78. The first-order chi connectivity index (χ1) is 6.72. The van der Waals surface area contributed by atoms with E-state index in [1.54, 1.807) is 16.7 Å². The second kappa shape index (κ2) is 3.65. The molecule has 1 aliphatic heterocycles. The van der Waals surface area contributed by atoms with E-state index in [0.29, 0.717) is 0 Å². The van der Waals surface area contributed by atoms with Gasteiger partial charge in [0.1, 0.15) is 0 Å². The summed E-state index contributed by atoms with van der Waals surface area (Å²) in [6, 6.07) is 6.21. The van der Waals surface area contributed by atoms with Crippen LogP contribution in [0.25, 0.3) is 0 Å². The van der Waals surface area contributed by atoms with Crippen molar-refractivity contribution in [2.75, 3.05) is 13.3 Å². The standard InChI is InChI=1S/C11H13NOS/c1-12-6-9-4-3-8(7-14-2)5-10(9)11(12)13/h3-5H,6-7H2,1-2H3. The maximum Gasteiger partial charge on any atom is 0.254 e. The van der Waals surface area contributed by atoms with E-state index in [1.165, 1.54) is 5.56 Å². The van der Waals surface area contributed by atoms with Crippen molar-refractivity contribution < 1.29 is 4.79 Å². The number of nitrogens with zero attached hydrogens (tertiary/aromatic N) is 1. The van der Waals surface area contributed by atoms with Crippen LogP contribution in [0, 0.1) is 0 Å². The van der Waals surface area contributed by atoms with Crippen LogP contribution in [-0.2, 0) is 12.3 Å². The summed E-state index contributed by atoms with van der Waals surface area (Å²) < 4.78 is 0. The number of hydrogen-bond donors (Lipinski definition) is 0. The molecule has 0 aliphatic carbocycles. The molecule has 2 nitrogen and oxygen atoms in total. The number of hydrogen-bond acceptors (Lipinski definition) is 2. The summed E-state index contributed by atoms with van der Waals surface area (Å²) in [4.78, 5) is 13.4. The van der Waals surface area contributed by atoms with Crippen molar-refractivity contribution >= 4 is 17.7 Å². The molecule has 0 aromatic heterocycles. The lowest BCUT2D eigenvalue weighted by Gasteiger charge is -2.04. The molecular formula is C11H13NOS. The molecule has 0 radical (unpaired) electrons. The summed E-state index contributed by atoms with van der Waals surface area (Å²) in [6.45, 7) is 0.758. The van der Waals surface area contributed by atoms with Crippen molar-refractivity contribution in [3.8, 4) is 0 Å². The zero-order valence-corrected chi connectivity index (χ0v) is 9.23. The molecule has 0 bridgehead atoms. The summed E-state index contributed by atoms with van der Waals surface area (Å²) in [6.07, 6.45) is 2.07. The SMILES string of the molecule is CSCc1ccc2c(c1)C(=O)N(C)C2. The molecule has 1 amide bonds. The molecule has 0 saturated carbocycles. The van der Waals surface area contributed by atoms with Gasteiger partial charge in [0, 0.05) is 24.9 Å². The molecule has 1 aromatic carbocycles. The summed E-state index contributed by atoms with van der Waals surface area (Å²) in [5.41, 5.74) is 3.28. The summed E-state index contributed by atoms with van der Waals surface area (Å²) in [5.74, 6) is 1.13. The van der Waals surface area contributed by atoms with Gasteiger partial charge in [0.2, 0.25) is 0 Å². The molecule has 1 aromatic rings. The van der Waals surface area contributed by atoms with E-state index in [2.05, 4.69) is 18.4 Å². The lowest BCUT2D eigenvalue weighted by atomic mass is 10.1. The molecule has 1 heterocycles. The van der Waals surface area contributed by atoms with Crippen molar-refractivity contribution in [3.63, 3.8) is 0 Å². The van der Waals surface area contributed by atoms with E-state index in [-0.39, 0.29) is 5.91 Å². The van der Waals surface area contributed by atoms with Crippen LogP contribution in [0.4, 0.5) is 0 Å². The van der Waals surface area contributed by atoms with Crippen molar-refractivity contribution in [1.29, 1.82) is 0 Å². The predicted molar refractivity (Wildman–Crippen MR) is 59.5 cm³/mol. The van der Waals surface area contributed by atoms with Gasteiger partial charge in [-0.15, -0.1) is 0 Å². The molecule has 0 unspecified atom stereocenters. The number of carbonyl (C=O) groups is 1. The molecule has 0 spiro atoms. The largest absolute Gasteiger partial charge is 0.337 e. The Morgan fingerprint density at radius 3 is 3.00 bits per heavy atom. The number of fused-ring (bicyclic) bond motifs is 1. The second-order valence-electron chi connectivity index (χ2n) is 3.59. The Kier molecular flexibility index (Phi) is 2.50. The zero-order valence-electron chi connectivity index (χ0n) is 8.41. The number of benzene rings is 1. The van der Waals surface area contributed by atoms with Crippen LogP contribution in [0.2, 0.25) is 0 Å². The Morgan fingerprint density at radius 2 is 2.29 bits per heavy atom. The highest BCUT2D eigenvalue weighted by Crippen LogP contribution is 2.23. The van der Waals surface area contributed by atoms with Gasteiger partial charge in [-0.05, 0) is 23.4 Å². The van der Waals surface area contributed by atoms with Gasteiger partial charge in [-0.3, -0.25) is 4.79 Å². The van der Waals surface area contributed by atoms with Gasteiger partial charge in [0.05, 0.1) is 0 Å². The van der Waals surface area contributed by atoms with E-state index in [0.717, 1.165) is 23.4 Å². The smallest absolute Gasteiger partial charge is 0.254 e. The van der Waals surface area contributed by atoms with Crippen molar-refractivity contribution in [2.45, 2.75) is 12.3 Å². The van der Waals surface area contributed by atoms with E-state index in [9.17, 15) is 4.79 Å². The van der Waals surface area contributed by atoms with Gasteiger partial charge in [-0.2, -0.15) is 11.8 Å². The van der Waals surface area contributed by atoms with Crippen LogP contribution in [0.1, 0.15) is 21.5 Å². The normalized spacial score (nSPS) is 14.7. The lowest BCUT2D eigenvalue weighted by molar-refractivity contribution is 0.0816. The average Bonchev–Trinajstić information content (AvgIpc) is 2.45. The predicted octanol–water partition coefficient (Wildman–Crippen LogP) is 2.14. The topological polar surface area (TPSA) is 20.3 Å². The Balaban J connectivity index is 2.36. The first kappa shape index (κ1) is 9.59. The Bertz CT molecular complexity index is 376. The molecule has 0 atom stereocenters. The highest BCUT2D eigenvalue weighted by Gasteiger charge is 2.23. The quantitative estimate of drug-likeness (QED) is 0.740. The van der Waals surface area contributed by atoms with Crippen LogP contribution < -0.4 is 0 Å². The van der Waals surface area contributed by atoms with Gasteiger partial charge >= 0.3 is 0 Å². The molecule has 74 valence electrons. The van der Waals surface area contributed by atoms with Crippen molar-refractivity contribution in [2.24, 2.45) is 0 Å². The number of rotatable bonds is 2. The highest BCUT2D eigenvalue weighted by molar-refractivity contribution is 7.97. The van der Waals surface area contributed by atoms with Crippen LogP contribution in [-0.4, -0.2) is 24.1 Å². The van der Waals surface area contributed by atoms with Crippen LogP contribution in [0.3, 0.4) is 0 Å². The van der Waals surface area contributed by atoms with E-state index >= 15 is 0 Å². The number of amides is 1. The Morgan fingerprint density at radius 1 is 1.50 bits per heavy atom. The second-order valence-corrected chi connectivity index (χ2v) is 4.45. The first-order valence-corrected chi connectivity index (χ1v) is 5.98. The third kappa shape index (κ3) is 1.52. The fourth-order valence-electron chi connectivity index (χ4n) is 1.75. The molecule has 1 aliphatic rings. The molecule has 2 rings (SSSR count). The Labute approximate surface area is 88.3 Å². The van der Waals surface area contributed by atoms with Gasteiger partial charge in [0.15, 0.2) is 0 Å². The fraction of sp³-hybridized carbons (Fsp3) is 0.364. The highest BCUT2D eigenvalue weighted by atomic mass is 32.2. The van der Waals surface area contributed by atoms with Crippen molar-refractivity contribution in [1.82, 2.24) is 4.90 Å². The molecule has 0 saturated heterocycles. The van der Waals surface area contributed by atoms with E-state index in [1.807, 2.05) is 13.1 Å². The molecule has 0 fully saturated rings. The number of thioether (sulfide) groups is 1. The third-order valence-corrected chi connectivity index (χ3v) is 3.09. The molecule has 0 N–H and O–H groups in total. The van der Waals surface area contributed by atoms with Gasteiger partial charge < -0.3 is 4.90 Å². The summed E-state index contributed by atoms with van der Waals surface area (Å²) in [7, 11) is 1.84.